The second-order valence-corrected chi connectivity index (χ2v) is 16.6. The first-order valence-electron chi connectivity index (χ1n) is 20.4. The van der Waals surface area contributed by atoms with Crippen LogP contribution < -0.4 is 0 Å². The van der Waals surface area contributed by atoms with Crippen LogP contribution in [0.2, 0.25) is 0 Å². The summed E-state index contributed by atoms with van der Waals surface area (Å²) in [6, 6.07) is 1.53. The molecule has 0 radical (unpaired) electrons. The number of carboxylic acid groups (broad SMARTS) is 2. The van der Waals surface area contributed by atoms with Crippen LogP contribution in [0.4, 0.5) is 0 Å². The first-order valence-corrected chi connectivity index (χ1v) is 20.4. The van der Waals surface area contributed by atoms with E-state index in [0.717, 1.165) is 24.7 Å². The Bertz CT molecular complexity index is 1830. The average molecular weight is 915 g/mol. The molecule has 2 saturated heterocycles. The van der Waals surface area contributed by atoms with Gasteiger partial charge in [0.05, 0.1) is 50.1 Å². The van der Waals surface area contributed by atoms with Crippen molar-refractivity contribution >= 4 is 23.9 Å². The topological polar surface area (TPSA) is 385 Å². The third kappa shape index (κ3) is 9.10. The molecule has 12 N–H and O–H groups in total. The van der Waals surface area contributed by atoms with Crippen molar-refractivity contribution in [2.24, 2.45) is 35.5 Å². The molecular formula is C40H50O24. The van der Waals surface area contributed by atoms with Crippen molar-refractivity contribution in [1.82, 2.24) is 0 Å². The van der Waals surface area contributed by atoms with Crippen LogP contribution >= 0.6 is 0 Å². The molecule has 0 bridgehead atoms. The molecule has 1 aromatic rings. The van der Waals surface area contributed by atoms with Crippen molar-refractivity contribution in [3.63, 3.8) is 0 Å². The largest absolute Gasteiger partial charge is 0.507 e. The van der Waals surface area contributed by atoms with Gasteiger partial charge in [-0.3, -0.25) is 0 Å². The summed E-state index contributed by atoms with van der Waals surface area (Å²) in [7, 11) is 0. The lowest BCUT2D eigenvalue weighted by molar-refractivity contribution is -0.343. The molecule has 354 valence electrons. The molecule has 1 aromatic carbocycles. The van der Waals surface area contributed by atoms with Gasteiger partial charge in [0.15, 0.2) is 12.6 Å². The molecule has 4 unspecified atom stereocenters. The number of rotatable bonds is 14. The number of aliphatic carboxylic acids is 2. The quantitative estimate of drug-likeness (QED) is 0.0653. The number of hydrogen-bond donors (Lipinski definition) is 12. The number of aliphatic hydroxyl groups excluding tert-OH is 8. The fraction of sp³-hybridized carbons (Fsp3) is 0.650. The molecule has 24 heteroatoms. The molecule has 24 nitrogen and oxygen atoms in total. The molecule has 4 aliphatic heterocycles. The Balaban J connectivity index is 0.994. The number of fused-ring (bicyclic) bond motifs is 2. The zero-order valence-electron chi connectivity index (χ0n) is 33.6. The molecule has 4 fully saturated rings. The Labute approximate surface area is 362 Å². The van der Waals surface area contributed by atoms with Gasteiger partial charge in [-0.25, -0.2) is 19.2 Å². The first-order chi connectivity index (χ1) is 30.4. The lowest BCUT2D eigenvalue weighted by Gasteiger charge is -2.43. The van der Waals surface area contributed by atoms with E-state index in [9.17, 15) is 80.5 Å². The van der Waals surface area contributed by atoms with E-state index in [1.807, 2.05) is 0 Å². The number of ether oxygens (including phenoxy) is 8. The number of carbonyl (C=O) groups is 4. The summed E-state index contributed by atoms with van der Waals surface area (Å²) in [5, 5.41) is 122. The highest BCUT2D eigenvalue weighted by molar-refractivity contribution is 5.98. The van der Waals surface area contributed by atoms with Gasteiger partial charge in [-0.15, -0.1) is 0 Å². The van der Waals surface area contributed by atoms with Crippen molar-refractivity contribution in [3.05, 3.63) is 46.9 Å². The van der Waals surface area contributed by atoms with Crippen LogP contribution in [0, 0.1) is 35.5 Å². The fourth-order valence-corrected chi connectivity index (χ4v) is 9.50. The Morgan fingerprint density at radius 2 is 0.922 bits per heavy atom. The Kier molecular flexibility index (Phi) is 14.3. The summed E-state index contributed by atoms with van der Waals surface area (Å²) in [6.07, 6.45) is -16.0. The SMILES string of the molecule is O=C(O)C1=CO[C@@H](O[C@@H]2O[C@H](CO)[C@@H](O)[C@H](O)[C@H]2O)C2C1CC[C@@H]2COC(=O)c1cc(O)c(C(=O)OC[C@H]2CCC3C(C(=O)O)=CO[C@@H](O[C@@H]4O[C@H](CO)[C@@H](O)[C@H](O)[C@H]4O)C32)cc1O. The minimum absolute atomic E-state index is 0.111. The van der Waals surface area contributed by atoms with E-state index in [4.69, 9.17) is 37.9 Å². The minimum atomic E-state index is -1.80. The predicted octanol–water partition coefficient (Wildman–Crippen LogP) is -3.02. The minimum Gasteiger partial charge on any atom is -0.507 e. The summed E-state index contributed by atoms with van der Waals surface area (Å²) < 4.78 is 44.7. The van der Waals surface area contributed by atoms with Crippen molar-refractivity contribution in [2.45, 2.75) is 99.7 Å². The maximum absolute atomic E-state index is 13.3. The lowest BCUT2D eigenvalue weighted by Crippen LogP contribution is -2.60. The molecular weight excluding hydrogens is 864 g/mol. The molecule has 2 aliphatic carbocycles. The maximum atomic E-state index is 13.3. The van der Waals surface area contributed by atoms with Crippen molar-refractivity contribution < 1.29 is 118 Å². The Morgan fingerprint density at radius 1 is 0.547 bits per heavy atom. The first kappa shape index (κ1) is 47.3. The highest BCUT2D eigenvalue weighted by Crippen LogP contribution is 2.49. The number of benzene rings is 1. The molecule has 7 rings (SSSR count). The highest BCUT2D eigenvalue weighted by Gasteiger charge is 2.54. The summed E-state index contributed by atoms with van der Waals surface area (Å²) in [6.45, 7) is -2.28. The average Bonchev–Trinajstić information content (AvgIpc) is 3.91. The van der Waals surface area contributed by atoms with Gasteiger partial charge >= 0.3 is 23.9 Å². The van der Waals surface area contributed by atoms with Crippen LogP contribution in [0.15, 0.2) is 35.8 Å². The lowest BCUT2D eigenvalue weighted by atomic mass is 9.83. The molecule has 4 heterocycles. The maximum Gasteiger partial charge on any atom is 0.342 e. The van der Waals surface area contributed by atoms with Crippen LogP contribution in [0.1, 0.15) is 46.4 Å². The van der Waals surface area contributed by atoms with E-state index in [1.165, 1.54) is 0 Å². The zero-order chi connectivity index (χ0) is 46.3. The summed E-state index contributed by atoms with van der Waals surface area (Å²) in [5.74, 6) is -10.9. The van der Waals surface area contributed by atoms with E-state index in [0.29, 0.717) is 0 Å². The number of aromatic hydroxyl groups is 2. The van der Waals surface area contributed by atoms with E-state index < -0.39 is 182 Å². The van der Waals surface area contributed by atoms with Gasteiger partial charge in [-0.05, 0) is 37.8 Å². The van der Waals surface area contributed by atoms with Crippen molar-refractivity contribution in [1.29, 1.82) is 0 Å². The second-order valence-electron chi connectivity index (χ2n) is 16.6. The van der Waals surface area contributed by atoms with Crippen molar-refractivity contribution in [2.75, 3.05) is 26.4 Å². The molecule has 64 heavy (non-hydrogen) atoms. The smallest absolute Gasteiger partial charge is 0.342 e. The second kappa shape index (κ2) is 19.4. The molecule has 0 spiro atoms. The number of hydrogen-bond acceptors (Lipinski definition) is 22. The highest BCUT2D eigenvalue weighted by atomic mass is 16.8. The standard InChI is InChI=1S/C40H50O24/c41-7-23-27(45)29(47)31(49)39(61-23)63-37-25-13(1-3-15(25)19(11-59-37)33(51)52)9-57-35(55)17-5-22(44)18(6-21(17)43)36(56)58-10-14-2-4-16-20(34(53)54)12-60-38(26(14)16)64-40-32(50)30(48)28(46)24(8-42)62-40/h5-6,11-16,23-32,37-50H,1-4,7-10H2,(H,51,52)(H,53,54)/t13-,14-,15?,16?,23-,24-,25?,26?,27-,28-,29+,30+,31-,32-,37+,38+,39+,40+/m1/s1. The third-order valence-electron chi connectivity index (χ3n) is 12.9. The molecule has 0 aromatic heterocycles. The van der Waals surface area contributed by atoms with E-state index in [1.54, 1.807) is 0 Å². The number of carboxylic acids is 2. The van der Waals surface area contributed by atoms with Crippen LogP contribution in [0.5, 0.6) is 11.5 Å². The number of carbonyl (C=O) groups excluding carboxylic acids is 2. The fourth-order valence-electron chi connectivity index (χ4n) is 9.50. The monoisotopic (exact) mass is 914 g/mol. The predicted molar refractivity (Wildman–Crippen MR) is 201 cm³/mol. The third-order valence-corrected chi connectivity index (χ3v) is 12.9. The van der Waals surface area contributed by atoms with Crippen molar-refractivity contribution in [3.8, 4) is 11.5 Å². The summed E-state index contributed by atoms with van der Waals surface area (Å²) in [4.78, 5) is 50.7. The summed E-state index contributed by atoms with van der Waals surface area (Å²) >= 11 is 0. The molecule has 18 atom stereocenters. The van der Waals surface area contributed by atoms with Crippen LogP contribution in [0.3, 0.4) is 0 Å². The van der Waals surface area contributed by atoms with Crippen LogP contribution in [-0.4, -0.2) is 186 Å². The molecule has 2 saturated carbocycles. The van der Waals surface area contributed by atoms with Crippen LogP contribution in [0.25, 0.3) is 0 Å². The van der Waals surface area contributed by atoms with Gasteiger partial charge < -0.3 is 99.2 Å². The number of phenols is 2. The normalized spacial score (nSPS) is 39.2. The van der Waals surface area contributed by atoms with Gasteiger partial charge in [0, 0.05) is 35.5 Å². The van der Waals surface area contributed by atoms with Gasteiger partial charge in [-0.2, -0.15) is 0 Å². The molecule has 0 amide bonds. The van der Waals surface area contributed by atoms with Gasteiger partial charge in [0.1, 0.15) is 71.5 Å². The van der Waals surface area contributed by atoms with Gasteiger partial charge in [0.2, 0.25) is 12.6 Å². The Morgan fingerprint density at radius 3 is 1.27 bits per heavy atom. The zero-order valence-corrected chi connectivity index (χ0v) is 33.6. The van der Waals surface area contributed by atoms with Crippen LogP contribution in [-0.2, 0) is 47.5 Å². The number of aliphatic hydroxyl groups is 8. The number of esters is 2. The number of phenolic OH excluding ortho intramolecular Hbond substituents is 2. The molecule has 6 aliphatic rings. The van der Waals surface area contributed by atoms with E-state index >= 15 is 0 Å². The van der Waals surface area contributed by atoms with E-state index in [-0.39, 0.29) is 36.8 Å². The summed E-state index contributed by atoms with van der Waals surface area (Å²) in [5.41, 5.74) is -1.35. The Hall–Kier alpha value is -4.70. The van der Waals surface area contributed by atoms with Gasteiger partial charge in [-0.1, -0.05) is 0 Å². The van der Waals surface area contributed by atoms with E-state index in [2.05, 4.69) is 0 Å². The van der Waals surface area contributed by atoms with Gasteiger partial charge in [0.25, 0.3) is 0 Å².